The number of aliphatic hydroxyl groups is 1. The van der Waals surface area contributed by atoms with E-state index in [4.69, 9.17) is 9.15 Å². The number of aryl methyl sites for hydroxylation is 1. The van der Waals surface area contributed by atoms with Gasteiger partial charge in [0.25, 0.3) is 0 Å². The zero-order chi connectivity index (χ0) is 18.6. The molecular weight excluding hydrogens is 328 g/mol. The van der Waals surface area contributed by atoms with Crippen molar-refractivity contribution < 1.29 is 19.1 Å². The van der Waals surface area contributed by atoms with Gasteiger partial charge in [0.1, 0.15) is 0 Å². The number of ether oxygens (including phenoxy) is 1. The molecule has 0 saturated heterocycles. The number of fused-ring (bicyclic) bond motifs is 5. The summed E-state index contributed by atoms with van der Waals surface area (Å²) in [5.41, 5.74) is 2.68. The zero-order valence-electron chi connectivity index (χ0n) is 16.3. The summed E-state index contributed by atoms with van der Waals surface area (Å²) in [5.74, 6) is 0.672. The van der Waals surface area contributed by atoms with Gasteiger partial charge >= 0.3 is 5.97 Å². The summed E-state index contributed by atoms with van der Waals surface area (Å²) in [5, 5.41) is 10.2. The van der Waals surface area contributed by atoms with Crippen LogP contribution in [0.4, 0.5) is 0 Å². The van der Waals surface area contributed by atoms with Gasteiger partial charge in [0.2, 0.25) is 0 Å². The average Bonchev–Trinajstić information content (AvgIpc) is 3.10. The van der Waals surface area contributed by atoms with Crippen molar-refractivity contribution in [2.45, 2.75) is 71.1 Å². The Labute approximate surface area is 156 Å². The van der Waals surface area contributed by atoms with Gasteiger partial charge in [0.05, 0.1) is 19.1 Å². The van der Waals surface area contributed by atoms with Gasteiger partial charge in [-0.15, -0.1) is 0 Å². The summed E-state index contributed by atoms with van der Waals surface area (Å²) in [4.78, 5) is 11.7. The lowest BCUT2D eigenvalue weighted by molar-refractivity contribution is -0.179. The number of carbonyl (C=O) groups excluding carboxylic acids is 1. The van der Waals surface area contributed by atoms with Crippen LogP contribution < -0.4 is 0 Å². The molecule has 0 spiro atoms. The van der Waals surface area contributed by atoms with Crippen LogP contribution in [0.15, 0.2) is 16.9 Å². The second-order valence-corrected chi connectivity index (χ2v) is 9.59. The Morgan fingerprint density at radius 2 is 2.04 bits per heavy atom. The van der Waals surface area contributed by atoms with E-state index < -0.39 is 0 Å². The number of rotatable bonds is 3. The molecule has 0 unspecified atom stereocenters. The Bertz CT molecular complexity index is 694. The van der Waals surface area contributed by atoms with Crippen molar-refractivity contribution in [3.05, 3.63) is 23.7 Å². The molecular formula is C22H32O4. The van der Waals surface area contributed by atoms with Gasteiger partial charge in [-0.25, -0.2) is 0 Å². The van der Waals surface area contributed by atoms with Gasteiger partial charge in [-0.3, -0.25) is 4.79 Å². The molecule has 0 bridgehead atoms. The number of esters is 1. The molecule has 1 heterocycles. The highest BCUT2D eigenvalue weighted by molar-refractivity contribution is 5.66. The van der Waals surface area contributed by atoms with Crippen molar-refractivity contribution in [1.82, 2.24) is 0 Å². The number of hydrogen-bond donors (Lipinski definition) is 1. The maximum atomic E-state index is 11.7. The minimum Gasteiger partial charge on any atom is -0.472 e. The third-order valence-corrected chi connectivity index (χ3v) is 8.31. The predicted molar refractivity (Wildman–Crippen MR) is 98.7 cm³/mol. The summed E-state index contributed by atoms with van der Waals surface area (Å²) >= 11 is 0. The number of furan rings is 1. The van der Waals surface area contributed by atoms with Crippen LogP contribution in [-0.4, -0.2) is 24.3 Å². The molecule has 144 valence electrons. The lowest BCUT2D eigenvalue weighted by Crippen LogP contribution is -2.61. The molecule has 0 amide bonds. The summed E-state index contributed by atoms with van der Waals surface area (Å²) < 4.78 is 11.3. The standard InChI is InChI=1S/C22H32O4/c1-15(24)26-14-22-9-4-8-20(2,13-23)18(22)7-10-21(3)17-12-25-11-16(17)5-6-19(21)22/h11-12,18-19,23H,4-10,13-14H2,1-3H3/t18-,19-,20+,21-,22+/m0/s1. The molecule has 1 aromatic rings. The van der Waals surface area contributed by atoms with E-state index in [1.165, 1.54) is 18.1 Å². The predicted octanol–water partition coefficient (Wildman–Crippen LogP) is 4.24. The van der Waals surface area contributed by atoms with Crippen LogP contribution in [0.25, 0.3) is 0 Å². The van der Waals surface area contributed by atoms with Crippen LogP contribution in [0, 0.1) is 22.7 Å². The van der Waals surface area contributed by atoms with Gasteiger partial charge in [-0.05, 0) is 72.3 Å². The summed E-state index contributed by atoms with van der Waals surface area (Å²) in [6.45, 7) is 6.86. The Kier molecular flexibility index (Phi) is 4.26. The molecule has 0 aromatic carbocycles. The summed E-state index contributed by atoms with van der Waals surface area (Å²) in [6.07, 6.45) is 11.5. The minimum absolute atomic E-state index is 0.0383. The maximum Gasteiger partial charge on any atom is 0.302 e. The van der Waals surface area contributed by atoms with E-state index in [9.17, 15) is 9.90 Å². The second-order valence-electron chi connectivity index (χ2n) is 9.59. The van der Waals surface area contributed by atoms with Crippen LogP contribution in [0.1, 0.15) is 70.4 Å². The first-order chi connectivity index (χ1) is 12.4. The Balaban J connectivity index is 1.80. The quantitative estimate of drug-likeness (QED) is 0.819. The fourth-order valence-corrected chi connectivity index (χ4v) is 7.11. The molecule has 5 atom stereocenters. The van der Waals surface area contributed by atoms with Crippen molar-refractivity contribution in [1.29, 1.82) is 0 Å². The molecule has 3 aliphatic carbocycles. The lowest BCUT2D eigenvalue weighted by atomic mass is 9.40. The molecule has 1 aromatic heterocycles. The smallest absolute Gasteiger partial charge is 0.302 e. The summed E-state index contributed by atoms with van der Waals surface area (Å²) in [6, 6.07) is 0. The van der Waals surface area contributed by atoms with Gasteiger partial charge in [0, 0.05) is 18.9 Å². The average molecular weight is 360 g/mol. The third kappa shape index (κ3) is 2.41. The van der Waals surface area contributed by atoms with Crippen LogP contribution in [-0.2, 0) is 21.4 Å². The SMILES string of the molecule is CC(=O)OC[C@]12CCC[C@](C)(CO)[C@@H]1CC[C@@]1(C)c3cocc3CC[C@H]21. The highest BCUT2D eigenvalue weighted by Crippen LogP contribution is 2.67. The molecule has 3 aliphatic rings. The first-order valence-corrected chi connectivity index (χ1v) is 10.2. The van der Waals surface area contributed by atoms with Crippen LogP contribution in [0.2, 0.25) is 0 Å². The van der Waals surface area contributed by atoms with Gasteiger partial charge < -0.3 is 14.3 Å². The first-order valence-electron chi connectivity index (χ1n) is 10.2. The van der Waals surface area contributed by atoms with E-state index in [0.717, 1.165) is 44.9 Å². The van der Waals surface area contributed by atoms with Gasteiger partial charge in [-0.1, -0.05) is 20.3 Å². The fourth-order valence-electron chi connectivity index (χ4n) is 7.11. The molecule has 0 aliphatic heterocycles. The Morgan fingerprint density at radius 1 is 1.23 bits per heavy atom. The molecule has 0 radical (unpaired) electrons. The number of aliphatic hydroxyl groups excluding tert-OH is 1. The van der Waals surface area contributed by atoms with E-state index in [1.54, 1.807) is 0 Å². The van der Waals surface area contributed by atoms with E-state index in [2.05, 4.69) is 13.8 Å². The zero-order valence-corrected chi connectivity index (χ0v) is 16.3. The Hall–Kier alpha value is -1.29. The van der Waals surface area contributed by atoms with Crippen molar-refractivity contribution in [3.63, 3.8) is 0 Å². The van der Waals surface area contributed by atoms with E-state index >= 15 is 0 Å². The molecule has 2 fully saturated rings. The fraction of sp³-hybridized carbons (Fsp3) is 0.773. The third-order valence-electron chi connectivity index (χ3n) is 8.31. The van der Waals surface area contributed by atoms with Gasteiger partial charge in [-0.2, -0.15) is 0 Å². The largest absolute Gasteiger partial charge is 0.472 e. The molecule has 26 heavy (non-hydrogen) atoms. The lowest BCUT2D eigenvalue weighted by Gasteiger charge is -2.64. The number of carbonyl (C=O) groups is 1. The normalized spacial score (nSPS) is 41.7. The van der Waals surface area contributed by atoms with E-state index in [0.29, 0.717) is 18.4 Å². The topological polar surface area (TPSA) is 59.7 Å². The minimum atomic E-state index is -0.193. The van der Waals surface area contributed by atoms with Crippen LogP contribution in [0.3, 0.4) is 0 Å². The van der Waals surface area contributed by atoms with Crippen molar-refractivity contribution in [2.75, 3.05) is 13.2 Å². The van der Waals surface area contributed by atoms with E-state index in [-0.39, 0.29) is 28.8 Å². The summed E-state index contributed by atoms with van der Waals surface area (Å²) in [7, 11) is 0. The first kappa shape index (κ1) is 18.1. The molecule has 4 heteroatoms. The molecule has 2 saturated carbocycles. The van der Waals surface area contributed by atoms with E-state index in [1.807, 2.05) is 12.5 Å². The van der Waals surface area contributed by atoms with Crippen LogP contribution in [0.5, 0.6) is 0 Å². The Morgan fingerprint density at radius 3 is 2.77 bits per heavy atom. The molecule has 4 nitrogen and oxygen atoms in total. The monoisotopic (exact) mass is 360 g/mol. The van der Waals surface area contributed by atoms with Crippen molar-refractivity contribution >= 4 is 5.97 Å². The highest BCUT2D eigenvalue weighted by Gasteiger charge is 2.63. The van der Waals surface area contributed by atoms with Crippen molar-refractivity contribution in [3.8, 4) is 0 Å². The maximum absolute atomic E-state index is 11.7. The highest BCUT2D eigenvalue weighted by atomic mass is 16.5. The number of hydrogen-bond acceptors (Lipinski definition) is 4. The second kappa shape index (κ2) is 6.12. The molecule has 4 rings (SSSR count). The molecule has 1 N–H and O–H groups in total. The van der Waals surface area contributed by atoms with Crippen LogP contribution >= 0.6 is 0 Å². The van der Waals surface area contributed by atoms with Gasteiger partial charge in [0.15, 0.2) is 0 Å². The van der Waals surface area contributed by atoms with Crippen molar-refractivity contribution in [2.24, 2.45) is 22.7 Å².